The summed E-state index contributed by atoms with van der Waals surface area (Å²) in [6.07, 6.45) is 9.46. The van der Waals surface area contributed by atoms with E-state index in [1.165, 1.54) is 12.8 Å². The number of aromatic nitrogens is 2. The zero-order valence-electron chi connectivity index (χ0n) is 15.6. The van der Waals surface area contributed by atoms with Crippen LogP contribution in [0.25, 0.3) is 16.9 Å². The highest BCUT2D eigenvalue weighted by Gasteiger charge is 2.20. The Morgan fingerprint density at radius 3 is 2.64 bits per heavy atom. The lowest BCUT2D eigenvalue weighted by Crippen LogP contribution is -2.24. The Balaban J connectivity index is 1.79. The van der Waals surface area contributed by atoms with Gasteiger partial charge in [0.15, 0.2) is 0 Å². The van der Waals surface area contributed by atoms with Crippen molar-refractivity contribution in [2.24, 2.45) is 0 Å². The minimum atomic E-state index is -0.202. The summed E-state index contributed by atoms with van der Waals surface area (Å²) in [7, 11) is 0. The minimum absolute atomic E-state index is 0.195. The number of phenols is 1. The summed E-state index contributed by atoms with van der Waals surface area (Å²) in [6, 6.07) is 10.7. The summed E-state index contributed by atoms with van der Waals surface area (Å²) >= 11 is 0. The van der Waals surface area contributed by atoms with Crippen LogP contribution in [0.2, 0.25) is 0 Å². The molecular formula is C22H22N4O2. The fraction of sp³-hybridized carbons (Fsp3) is 0.273. The molecule has 0 unspecified atom stereocenters. The van der Waals surface area contributed by atoms with Gasteiger partial charge in [-0.15, -0.1) is 6.42 Å². The second-order valence-electron chi connectivity index (χ2n) is 6.97. The molecule has 0 atom stereocenters. The average Bonchev–Trinajstić information content (AvgIpc) is 3.35. The Kier molecular flexibility index (Phi) is 5.00. The number of terminal acetylenes is 1. The molecule has 0 spiro atoms. The number of hydrogen-bond acceptors (Lipinski definition) is 4. The van der Waals surface area contributed by atoms with E-state index in [0.29, 0.717) is 5.56 Å². The lowest BCUT2D eigenvalue weighted by Gasteiger charge is -2.16. The number of rotatable bonds is 5. The Morgan fingerprint density at radius 2 is 1.93 bits per heavy atom. The number of carbonyl (C=O) groups is 1. The minimum Gasteiger partial charge on any atom is -0.508 e. The van der Waals surface area contributed by atoms with E-state index in [1.54, 1.807) is 18.2 Å². The molecule has 3 heterocycles. The molecule has 0 saturated carbocycles. The SMILES string of the molecule is C#CCNC(=O)c1ccc2nc(-c3ccc(O)cc3)c(CN3CCCC3)n2c1. The van der Waals surface area contributed by atoms with Gasteiger partial charge in [0, 0.05) is 18.3 Å². The quantitative estimate of drug-likeness (QED) is 0.674. The van der Waals surface area contributed by atoms with Gasteiger partial charge in [-0.2, -0.15) is 0 Å². The number of amides is 1. The van der Waals surface area contributed by atoms with Crippen molar-refractivity contribution in [2.75, 3.05) is 19.6 Å². The van der Waals surface area contributed by atoms with Gasteiger partial charge in [0.2, 0.25) is 0 Å². The summed E-state index contributed by atoms with van der Waals surface area (Å²) in [5.74, 6) is 2.44. The summed E-state index contributed by atoms with van der Waals surface area (Å²) in [6.45, 7) is 3.07. The summed E-state index contributed by atoms with van der Waals surface area (Å²) in [5.41, 5.74) is 4.17. The normalized spacial score (nSPS) is 14.2. The highest BCUT2D eigenvalue weighted by Crippen LogP contribution is 2.28. The molecule has 2 aromatic heterocycles. The van der Waals surface area contributed by atoms with Gasteiger partial charge in [0.25, 0.3) is 5.91 Å². The van der Waals surface area contributed by atoms with E-state index in [9.17, 15) is 9.90 Å². The van der Waals surface area contributed by atoms with Gasteiger partial charge in [0.05, 0.1) is 23.5 Å². The number of hydrogen-bond donors (Lipinski definition) is 2. The molecule has 1 aromatic carbocycles. The maximum absolute atomic E-state index is 12.3. The molecular weight excluding hydrogens is 352 g/mol. The predicted octanol–water partition coefficient (Wildman–Crippen LogP) is 2.67. The molecule has 0 aliphatic carbocycles. The third-order valence-electron chi connectivity index (χ3n) is 5.04. The third kappa shape index (κ3) is 3.57. The van der Waals surface area contributed by atoms with E-state index >= 15 is 0 Å². The second-order valence-corrected chi connectivity index (χ2v) is 6.97. The first kappa shape index (κ1) is 18.1. The van der Waals surface area contributed by atoms with Crippen molar-refractivity contribution in [3.8, 4) is 29.4 Å². The molecule has 0 bridgehead atoms. The first-order valence-corrected chi connectivity index (χ1v) is 9.40. The number of nitrogens with zero attached hydrogens (tertiary/aromatic N) is 3. The number of phenolic OH excluding ortho intramolecular Hbond substituents is 1. The highest BCUT2D eigenvalue weighted by atomic mass is 16.3. The molecule has 1 aliphatic rings. The molecule has 1 fully saturated rings. The van der Waals surface area contributed by atoms with Crippen molar-refractivity contribution in [2.45, 2.75) is 19.4 Å². The van der Waals surface area contributed by atoms with Gasteiger partial charge in [-0.25, -0.2) is 4.98 Å². The largest absolute Gasteiger partial charge is 0.508 e. The van der Waals surface area contributed by atoms with E-state index in [1.807, 2.05) is 28.8 Å². The van der Waals surface area contributed by atoms with Crippen LogP contribution in [0.1, 0.15) is 28.9 Å². The van der Waals surface area contributed by atoms with Gasteiger partial charge >= 0.3 is 0 Å². The van der Waals surface area contributed by atoms with Crippen LogP contribution in [0.15, 0.2) is 42.6 Å². The molecule has 1 saturated heterocycles. The molecule has 1 aliphatic heterocycles. The number of benzene rings is 1. The van der Waals surface area contributed by atoms with Crippen molar-refractivity contribution in [3.05, 3.63) is 53.9 Å². The van der Waals surface area contributed by atoms with Crippen LogP contribution >= 0.6 is 0 Å². The zero-order valence-corrected chi connectivity index (χ0v) is 15.6. The number of nitrogens with one attached hydrogen (secondary N) is 1. The molecule has 142 valence electrons. The van der Waals surface area contributed by atoms with E-state index in [0.717, 1.165) is 42.2 Å². The fourth-order valence-electron chi connectivity index (χ4n) is 3.62. The van der Waals surface area contributed by atoms with Crippen molar-refractivity contribution in [3.63, 3.8) is 0 Å². The number of carbonyl (C=O) groups excluding carboxylic acids is 1. The standard InChI is InChI=1S/C22H22N4O2/c1-2-11-23-22(28)17-7-10-20-24-21(16-5-8-18(27)9-6-16)19(26(20)14-17)15-25-12-3-4-13-25/h1,5-10,14,27H,3-4,11-13,15H2,(H,23,28). The Labute approximate surface area is 163 Å². The van der Waals surface area contributed by atoms with E-state index < -0.39 is 0 Å². The fourth-order valence-corrected chi connectivity index (χ4v) is 3.62. The van der Waals surface area contributed by atoms with E-state index in [2.05, 4.69) is 16.1 Å². The molecule has 28 heavy (non-hydrogen) atoms. The lowest BCUT2D eigenvalue weighted by atomic mass is 10.1. The van der Waals surface area contributed by atoms with E-state index in [-0.39, 0.29) is 18.2 Å². The number of pyridine rings is 1. The molecule has 3 aromatic rings. The second kappa shape index (κ2) is 7.75. The van der Waals surface area contributed by atoms with Gasteiger partial charge in [-0.1, -0.05) is 5.92 Å². The van der Waals surface area contributed by atoms with Crippen LogP contribution in [0.4, 0.5) is 0 Å². The monoisotopic (exact) mass is 374 g/mol. The van der Waals surface area contributed by atoms with Crippen molar-refractivity contribution in [1.29, 1.82) is 0 Å². The molecule has 0 radical (unpaired) electrons. The molecule has 4 rings (SSSR count). The molecule has 2 N–H and O–H groups in total. The zero-order chi connectivity index (χ0) is 19.5. The number of imidazole rings is 1. The van der Waals surface area contributed by atoms with E-state index in [4.69, 9.17) is 11.4 Å². The van der Waals surface area contributed by atoms with Gasteiger partial charge in [-0.05, 0) is 62.3 Å². The number of aromatic hydroxyl groups is 1. The van der Waals surface area contributed by atoms with Gasteiger partial charge in [0.1, 0.15) is 11.4 Å². The van der Waals surface area contributed by atoms with Crippen LogP contribution < -0.4 is 5.32 Å². The van der Waals surface area contributed by atoms with Crippen LogP contribution in [-0.2, 0) is 6.54 Å². The smallest absolute Gasteiger partial charge is 0.253 e. The third-order valence-corrected chi connectivity index (χ3v) is 5.04. The van der Waals surface area contributed by atoms with Crippen LogP contribution in [0.3, 0.4) is 0 Å². The molecule has 1 amide bonds. The first-order chi connectivity index (χ1) is 13.7. The van der Waals surface area contributed by atoms with Gasteiger partial charge < -0.3 is 14.8 Å². The summed E-state index contributed by atoms with van der Waals surface area (Å²) in [5, 5.41) is 12.3. The topological polar surface area (TPSA) is 69.9 Å². The average molecular weight is 374 g/mol. The van der Waals surface area contributed by atoms with Crippen molar-refractivity contribution < 1.29 is 9.90 Å². The maximum atomic E-state index is 12.3. The number of fused-ring (bicyclic) bond motifs is 1. The predicted molar refractivity (Wildman–Crippen MR) is 108 cm³/mol. The molecule has 6 nitrogen and oxygen atoms in total. The Bertz CT molecular complexity index is 1040. The lowest BCUT2D eigenvalue weighted by molar-refractivity contribution is 0.0958. The highest BCUT2D eigenvalue weighted by molar-refractivity contribution is 5.94. The van der Waals surface area contributed by atoms with Crippen LogP contribution in [0.5, 0.6) is 5.75 Å². The van der Waals surface area contributed by atoms with Crippen molar-refractivity contribution >= 4 is 11.6 Å². The Morgan fingerprint density at radius 1 is 1.18 bits per heavy atom. The molecule has 6 heteroatoms. The maximum Gasteiger partial charge on any atom is 0.253 e. The summed E-state index contributed by atoms with van der Waals surface area (Å²) in [4.78, 5) is 19.5. The Hall–Kier alpha value is -3.30. The number of likely N-dealkylation sites (tertiary alicyclic amines) is 1. The first-order valence-electron chi connectivity index (χ1n) is 9.40. The van der Waals surface area contributed by atoms with Crippen LogP contribution in [-0.4, -0.2) is 44.9 Å². The van der Waals surface area contributed by atoms with Gasteiger partial charge in [-0.3, -0.25) is 9.69 Å². The van der Waals surface area contributed by atoms with Crippen LogP contribution in [0, 0.1) is 12.3 Å². The summed E-state index contributed by atoms with van der Waals surface area (Å²) < 4.78 is 1.99. The van der Waals surface area contributed by atoms with Crippen molar-refractivity contribution in [1.82, 2.24) is 19.6 Å².